The van der Waals surface area contributed by atoms with Crippen LogP contribution in [0.3, 0.4) is 0 Å². The third-order valence-electron chi connectivity index (χ3n) is 4.21. The number of hydrogen-bond acceptors (Lipinski definition) is 6. The number of hydrogen-bond donors (Lipinski definition) is 0. The van der Waals surface area contributed by atoms with E-state index in [0.717, 1.165) is 25.9 Å². The Morgan fingerprint density at radius 2 is 2.16 bits per heavy atom. The van der Waals surface area contributed by atoms with Crippen molar-refractivity contribution in [2.45, 2.75) is 24.5 Å². The van der Waals surface area contributed by atoms with Gasteiger partial charge in [0.2, 0.25) is 5.91 Å². The summed E-state index contributed by atoms with van der Waals surface area (Å²) in [4.78, 5) is 31.6. The van der Waals surface area contributed by atoms with E-state index in [2.05, 4.69) is 4.98 Å². The van der Waals surface area contributed by atoms with Gasteiger partial charge in [-0.3, -0.25) is 14.2 Å². The maximum atomic E-state index is 12.8. The van der Waals surface area contributed by atoms with Crippen LogP contribution in [0, 0.1) is 0 Å². The van der Waals surface area contributed by atoms with Gasteiger partial charge in [0.25, 0.3) is 5.56 Å². The van der Waals surface area contributed by atoms with Crippen molar-refractivity contribution in [2.75, 3.05) is 18.8 Å². The molecule has 4 rings (SSSR count). The van der Waals surface area contributed by atoms with Crippen molar-refractivity contribution in [2.24, 2.45) is 0 Å². The molecule has 25 heavy (non-hydrogen) atoms. The van der Waals surface area contributed by atoms with Gasteiger partial charge in [0.1, 0.15) is 10.5 Å². The zero-order chi connectivity index (χ0) is 17.2. The summed E-state index contributed by atoms with van der Waals surface area (Å²) in [5, 5.41) is 2.42. The van der Waals surface area contributed by atoms with Gasteiger partial charge in [0.15, 0.2) is 5.16 Å². The predicted molar refractivity (Wildman–Crippen MR) is 98.2 cm³/mol. The van der Waals surface area contributed by atoms with Crippen molar-refractivity contribution < 1.29 is 9.21 Å². The lowest BCUT2D eigenvalue weighted by Gasteiger charge is -2.15. The fourth-order valence-electron chi connectivity index (χ4n) is 2.92. The van der Waals surface area contributed by atoms with Crippen LogP contribution in [-0.2, 0) is 11.3 Å². The fraction of sp³-hybridized carbons (Fsp3) is 0.353. The van der Waals surface area contributed by atoms with Gasteiger partial charge in [-0.1, -0.05) is 11.8 Å². The molecule has 0 N–H and O–H groups in total. The van der Waals surface area contributed by atoms with Crippen LogP contribution in [0.1, 0.15) is 18.6 Å². The van der Waals surface area contributed by atoms with Crippen molar-refractivity contribution in [3.8, 4) is 0 Å². The average molecular weight is 375 g/mol. The Bertz CT molecular complexity index is 940. The Balaban J connectivity index is 1.63. The van der Waals surface area contributed by atoms with Crippen LogP contribution in [0.4, 0.5) is 0 Å². The van der Waals surface area contributed by atoms with Gasteiger partial charge >= 0.3 is 0 Å². The summed E-state index contributed by atoms with van der Waals surface area (Å²) >= 11 is 2.70. The minimum Gasteiger partial charge on any atom is -0.467 e. The van der Waals surface area contributed by atoms with E-state index in [4.69, 9.17) is 4.42 Å². The SMILES string of the molecule is O=C(CSc1nc2ccsc2c(=O)n1Cc1ccco1)N1CCCC1. The van der Waals surface area contributed by atoms with Gasteiger partial charge in [-0.2, -0.15) is 0 Å². The van der Waals surface area contributed by atoms with Crippen LogP contribution < -0.4 is 5.56 Å². The van der Waals surface area contributed by atoms with Gasteiger partial charge in [-0.05, 0) is 36.4 Å². The minimum atomic E-state index is -0.0903. The monoisotopic (exact) mass is 375 g/mol. The smallest absolute Gasteiger partial charge is 0.272 e. The molecule has 0 saturated carbocycles. The quantitative estimate of drug-likeness (QED) is 0.507. The minimum absolute atomic E-state index is 0.0903. The molecule has 0 radical (unpaired) electrons. The van der Waals surface area contributed by atoms with Crippen LogP contribution in [-0.4, -0.2) is 39.2 Å². The molecule has 1 aliphatic rings. The maximum absolute atomic E-state index is 12.8. The van der Waals surface area contributed by atoms with Crippen molar-refractivity contribution in [1.29, 1.82) is 0 Å². The summed E-state index contributed by atoms with van der Waals surface area (Å²) < 4.78 is 7.60. The second kappa shape index (κ2) is 7.05. The van der Waals surface area contributed by atoms with E-state index >= 15 is 0 Å². The number of carbonyl (C=O) groups is 1. The van der Waals surface area contributed by atoms with Crippen molar-refractivity contribution >= 4 is 39.2 Å². The first-order valence-electron chi connectivity index (χ1n) is 8.13. The Labute approximate surface area is 152 Å². The Morgan fingerprint density at radius 3 is 2.92 bits per heavy atom. The number of carbonyl (C=O) groups excluding carboxylic acids is 1. The zero-order valence-electron chi connectivity index (χ0n) is 13.5. The molecule has 4 heterocycles. The second-order valence-electron chi connectivity index (χ2n) is 5.88. The van der Waals surface area contributed by atoms with Gasteiger partial charge < -0.3 is 9.32 Å². The first-order valence-corrected chi connectivity index (χ1v) is 10.00. The van der Waals surface area contributed by atoms with E-state index in [1.165, 1.54) is 23.1 Å². The van der Waals surface area contributed by atoms with Crippen molar-refractivity contribution in [3.63, 3.8) is 0 Å². The molecule has 0 spiro atoms. The van der Waals surface area contributed by atoms with Crippen LogP contribution in [0.5, 0.6) is 0 Å². The van der Waals surface area contributed by atoms with Crippen LogP contribution in [0.25, 0.3) is 10.2 Å². The molecule has 1 saturated heterocycles. The number of aromatic nitrogens is 2. The van der Waals surface area contributed by atoms with Crippen LogP contribution in [0.15, 0.2) is 44.2 Å². The number of thiophene rings is 1. The van der Waals surface area contributed by atoms with Crippen molar-refractivity contribution in [3.05, 3.63) is 46.0 Å². The summed E-state index contributed by atoms with van der Waals surface area (Å²) in [7, 11) is 0. The van der Waals surface area contributed by atoms with Gasteiger partial charge in [-0.25, -0.2) is 4.98 Å². The van der Waals surface area contributed by atoms with Crippen LogP contribution >= 0.6 is 23.1 Å². The van der Waals surface area contributed by atoms with E-state index in [-0.39, 0.29) is 11.5 Å². The molecule has 8 heteroatoms. The molecule has 1 aliphatic heterocycles. The number of thioether (sulfide) groups is 1. The van der Waals surface area contributed by atoms with Crippen LogP contribution in [0.2, 0.25) is 0 Å². The second-order valence-corrected chi connectivity index (χ2v) is 7.74. The molecule has 0 atom stereocenters. The molecule has 1 fully saturated rings. The highest BCUT2D eigenvalue weighted by molar-refractivity contribution is 7.99. The highest BCUT2D eigenvalue weighted by Crippen LogP contribution is 2.22. The van der Waals surface area contributed by atoms with E-state index < -0.39 is 0 Å². The lowest BCUT2D eigenvalue weighted by atomic mass is 10.4. The number of fused-ring (bicyclic) bond motifs is 1. The number of rotatable bonds is 5. The van der Waals surface area contributed by atoms with E-state index in [9.17, 15) is 9.59 Å². The zero-order valence-corrected chi connectivity index (χ0v) is 15.1. The van der Waals surface area contributed by atoms with Gasteiger partial charge in [0.05, 0.1) is 24.1 Å². The number of furan rings is 1. The molecule has 6 nitrogen and oxygen atoms in total. The Morgan fingerprint density at radius 1 is 1.32 bits per heavy atom. The number of nitrogens with zero attached hydrogens (tertiary/aromatic N) is 3. The summed E-state index contributed by atoms with van der Waals surface area (Å²) in [6.45, 7) is 1.97. The first kappa shape index (κ1) is 16.4. The average Bonchev–Trinajstić information content (AvgIpc) is 3.37. The number of likely N-dealkylation sites (tertiary alicyclic amines) is 1. The molecule has 3 aromatic rings. The van der Waals surface area contributed by atoms with Gasteiger partial charge in [0, 0.05) is 13.1 Å². The Hall–Kier alpha value is -2.06. The first-order chi connectivity index (χ1) is 12.2. The molecule has 1 amide bonds. The lowest BCUT2D eigenvalue weighted by molar-refractivity contribution is -0.127. The molecule has 3 aromatic heterocycles. The largest absolute Gasteiger partial charge is 0.467 e. The highest BCUT2D eigenvalue weighted by atomic mass is 32.2. The third-order valence-corrected chi connectivity index (χ3v) is 6.06. The standard InChI is InChI=1S/C17H17N3O3S2/c21-14(19-6-1-2-7-19)11-25-17-18-13-5-9-24-15(13)16(22)20(17)10-12-4-3-8-23-12/h3-5,8-9H,1-2,6-7,10-11H2. The van der Waals surface area contributed by atoms with E-state index in [0.29, 0.717) is 33.4 Å². The third kappa shape index (κ3) is 3.36. The van der Waals surface area contributed by atoms with Gasteiger partial charge in [-0.15, -0.1) is 11.3 Å². The molecule has 0 unspecified atom stereocenters. The highest BCUT2D eigenvalue weighted by Gasteiger charge is 2.20. The summed E-state index contributed by atoms with van der Waals surface area (Å²) in [6.07, 6.45) is 3.72. The van der Waals surface area contributed by atoms with E-state index in [1.54, 1.807) is 16.9 Å². The topological polar surface area (TPSA) is 68.3 Å². The lowest BCUT2D eigenvalue weighted by Crippen LogP contribution is -2.30. The molecular formula is C17H17N3O3S2. The summed E-state index contributed by atoms with van der Waals surface area (Å²) in [5.74, 6) is 1.08. The maximum Gasteiger partial charge on any atom is 0.272 e. The molecule has 0 aromatic carbocycles. The Kier molecular flexibility index (Phi) is 4.63. The molecule has 0 bridgehead atoms. The summed E-state index contributed by atoms with van der Waals surface area (Å²) in [6, 6.07) is 5.46. The van der Waals surface area contributed by atoms with E-state index in [1.807, 2.05) is 22.4 Å². The number of amides is 1. The molecule has 0 aliphatic carbocycles. The molecule has 130 valence electrons. The summed E-state index contributed by atoms with van der Waals surface area (Å²) in [5.41, 5.74) is 0.592. The molecular weight excluding hydrogens is 358 g/mol. The van der Waals surface area contributed by atoms with Crippen molar-refractivity contribution in [1.82, 2.24) is 14.5 Å². The normalized spacial score (nSPS) is 14.5. The predicted octanol–water partition coefficient (Wildman–Crippen LogP) is 2.81. The fourth-order valence-corrected chi connectivity index (χ4v) is 4.60.